The highest BCUT2D eigenvalue weighted by Gasteiger charge is 2.25. The molecule has 1 aromatic heterocycles. The van der Waals surface area contributed by atoms with Gasteiger partial charge in [-0.05, 0) is 39.7 Å². The van der Waals surface area contributed by atoms with E-state index in [0.717, 1.165) is 19.5 Å². The molecule has 0 saturated carbocycles. The first kappa shape index (κ1) is 13.9. The minimum Gasteiger partial charge on any atom is -0.494 e. The van der Waals surface area contributed by atoms with Gasteiger partial charge in [0, 0.05) is 19.1 Å². The third-order valence-electron chi connectivity index (χ3n) is 3.89. The SMILES string of the molecule is Cc1c(O)n(CC2CCN(C(C)C)C2)c(=O)[nH]c1=O. The van der Waals surface area contributed by atoms with Crippen molar-refractivity contribution in [2.75, 3.05) is 13.1 Å². The summed E-state index contributed by atoms with van der Waals surface area (Å²) < 4.78 is 1.27. The second-order valence-corrected chi connectivity index (χ2v) is 5.56. The number of aromatic hydroxyl groups is 1. The van der Waals surface area contributed by atoms with Crippen LogP contribution in [0.2, 0.25) is 0 Å². The molecule has 1 saturated heterocycles. The zero-order chi connectivity index (χ0) is 14.2. The lowest BCUT2D eigenvalue weighted by molar-refractivity contribution is 0.257. The molecule has 1 aromatic rings. The molecule has 0 spiro atoms. The Balaban J connectivity index is 2.19. The van der Waals surface area contributed by atoms with E-state index in [2.05, 4.69) is 23.7 Å². The maximum atomic E-state index is 11.8. The lowest BCUT2D eigenvalue weighted by atomic mass is 10.1. The Morgan fingerprint density at radius 1 is 1.42 bits per heavy atom. The molecule has 1 fully saturated rings. The van der Waals surface area contributed by atoms with E-state index in [1.807, 2.05) is 0 Å². The van der Waals surface area contributed by atoms with Gasteiger partial charge < -0.3 is 10.0 Å². The van der Waals surface area contributed by atoms with Gasteiger partial charge in [0.1, 0.15) is 0 Å². The molecule has 19 heavy (non-hydrogen) atoms. The highest BCUT2D eigenvalue weighted by Crippen LogP contribution is 2.21. The van der Waals surface area contributed by atoms with Crippen LogP contribution in [-0.4, -0.2) is 38.7 Å². The molecule has 106 valence electrons. The molecule has 0 aliphatic carbocycles. The van der Waals surface area contributed by atoms with E-state index in [-0.39, 0.29) is 11.4 Å². The monoisotopic (exact) mass is 267 g/mol. The summed E-state index contributed by atoms with van der Waals surface area (Å²) in [5.74, 6) is 0.119. The summed E-state index contributed by atoms with van der Waals surface area (Å²) in [6.07, 6.45) is 1.00. The van der Waals surface area contributed by atoms with E-state index < -0.39 is 11.2 Å². The van der Waals surface area contributed by atoms with E-state index in [1.54, 1.807) is 0 Å². The zero-order valence-corrected chi connectivity index (χ0v) is 11.6. The van der Waals surface area contributed by atoms with Gasteiger partial charge in [-0.1, -0.05) is 0 Å². The van der Waals surface area contributed by atoms with Gasteiger partial charge in [-0.2, -0.15) is 0 Å². The molecular formula is C13H21N3O3. The van der Waals surface area contributed by atoms with Crippen LogP contribution in [0.4, 0.5) is 0 Å². The predicted molar refractivity (Wildman–Crippen MR) is 72.5 cm³/mol. The fourth-order valence-electron chi connectivity index (χ4n) is 2.57. The first-order valence-electron chi connectivity index (χ1n) is 6.67. The van der Waals surface area contributed by atoms with Crippen molar-refractivity contribution in [3.05, 3.63) is 26.4 Å². The van der Waals surface area contributed by atoms with E-state index in [1.165, 1.54) is 11.5 Å². The Bertz CT molecular complexity index is 573. The lowest BCUT2D eigenvalue weighted by Crippen LogP contribution is -2.34. The number of nitrogens with zero attached hydrogens (tertiary/aromatic N) is 2. The van der Waals surface area contributed by atoms with Gasteiger partial charge in [0.25, 0.3) is 5.56 Å². The van der Waals surface area contributed by atoms with E-state index in [9.17, 15) is 14.7 Å². The van der Waals surface area contributed by atoms with Gasteiger partial charge in [0.05, 0.1) is 5.56 Å². The van der Waals surface area contributed by atoms with Gasteiger partial charge in [0.2, 0.25) is 5.88 Å². The van der Waals surface area contributed by atoms with E-state index >= 15 is 0 Å². The Hall–Kier alpha value is -1.56. The Kier molecular flexibility index (Phi) is 3.80. The molecule has 2 heterocycles. The quantitative estimate of drug-likeness (QED) is 0.824. The number of hydrogen-bond acceptors (Lipinski definition) is 4. The molecule has 2 rings (SSSR count). The molecule has 1 aliphatic rings. The number of aromatic amines is 1. The lowest BCUT2D eigenvalue weighted by Gasteiger charge is -2.20. The molecule has 0 amide bonds. The first-order chi connectivity index (χ1) is 8.90. The van der Waals surface area contributed by atoms with Crippen molar-refractivity contribution in [1.29, 1.82) is 0 Å². The molecule has 6 nitrogen and oxygen atoms in total. The number of aromatic nitrogens is 2. The smallest absolute Gasteiger partial charge is 0.331 e. The van der Waals surface area contributed by atoms with E-state index in [0.29, 0.717) is 18.5 Å². The molecule has 1 unspecified atom stereocenters. The summed E-state index contributed by atoms with van der Waals surface area (Å²) >= 11 is 0. The third kappa shape index (κ3) is 2.73. The Morgan fingerprint density at radius 2 is 2.11 bits per heavy atom. The maximum absolute atomic E-state index is 11.8. The summed E-state index contributed by atoms with van der Waals surface area (Å²) in [7, 11) is 0. The average molecular weight is 267 g/mol. The van der Waals surface area contributed by atoms with E-state index in [4.69, 9.17) is 0 Å². The fraction of sp³-hybridized carbons (Fsp3) is 0.692. The van der Waals surface area contributed by atoms with Crippen molar-refractivity contribution in [1.82, 2.24) is 14.5 Å². The van der Waals surface area contributed by atoms with Gasteiger partial charge in [-0.15, -0.1) is 0 Å². The molecule has 1 atom stereocenters. The summed E-state index contributed by atoms with van der Waals surface area (Å²) in [4.78, 5) is 27.7. The van der Waals surface area contributed by atoms with Crippen LogP contribution in [0.25, 0.3) is 0 Å². The van der Waals surface area contributed by atoms with Crippen LogP contribution in [0.15, 0.2) is 9.59 Å². The third-order valence-corrected chi connectivity index (χ3v) is 3.89. The van der Waals surface area contributed by atoms with Gasteiger partial charge >= 0.3 is 5.69 Å². The number of nitrogens with one attached hydrogen (secondary N) is 1. The predicted octanol–water partition coefficient (Wildman–Crippen LogP) is 0.281. The Morgan fingerprint density at radius 3 is 2.68 bits per heavy atom. The topological polar surface area (TPSA) is 78.3 Å². The van der Waals surface area contributed by atoms with Gasteiger partial charge in [0.15, 0.2) is 0 Å². The van der Waals surface area contributed by atoms with Crippen LogP contribution in [0.3, 0.4) is 0 Å². The van der Waals surface area contributed by atoms with Crippen LogP contribution < -0.4 is 11.2 Å². The summed E-state index contributed by atoms with van der Waals surface area (Å²) in [5.41, 5.74) is -0.858. The van der Waals surface area contributed by atoms with Crippen molar-refractivity contribution in [3.63, 3.8) is 0 Å². The van der Waals surface area contributed by atoms with Crippen molar-refractivity contribution in [2.45, 2.75) is 39.8 Å². The van der Waals surface area contributed by atoms with Gasteiger partial charge in [-0.3, -0.25) is 14.3 Å². The number of H-pyrrole nitrogens is 1. The largest absolute Gasteiger partial charge is 0.494 e. The van der Waals surface area contributed by atoms with Crippen molar-refractivity contribution in [3.8, 4) is 5.88 Å². The van der Waals surface area contributed by atoms with Crippen LogP contribution in [0.1, 0.15) is 25.8 Å². The second-order valence-electron chi connectivity index (χ2n) is 5.56. The molecular weight excluding hydrogens is 246 g/mol. The summed E-state index contributed by atoms with van der Waals surface area (Å²) in [5, 5.41) is 9.92. The summed E-state index contributed by atoms with van der Waals surface area (Å²) in [6, 6.07) is 0.493. The standard InChI is InChI=1S/C13H21N3O3/c1-8(2)15-5-4-10(6-15)7-16-12(18)9(3)11(17)14-13(16)19/h8,10,18H,4-7H2,1-3H3,(H,14,17,19). The molecule has 1 aliphatic heterocycles. The van der Waals surface area contributed by atoms with Crippen LogP contribution in [0, 0.1) is 12.8 Å². The highest BCUT2D eigenvalue weighted by atomic mass is 16.3. The molecule has 0 radical (unpaired) electrons. The molecule has 6 heteroatoms. The van der Waals surface area contributed by atoms with Crippen LogP contribution in [-0.2, 0) is 6.54 Å². The fourth-order valence-corrected chi connectivity index (χ4v) is 2.57. The van der Waals surface area contributed by atoms with Crippen molar-refractivity contribution >= 4 is 0 Å². The molecule has 0 bridgehead atoms. The highest BCUT2D eigenvalue weighted by molar-refractivity contribution is 5.20. The van der Waals surface area contributed by atoms with Crippen molar-refractivity contribution < 1.29 is 5.11 Å². The number of hydrogen-bond donors (Lipinski definition) is 2. The second kappa shape index (κ2) is 5.21. The van der Waals surface area contributed by atoms with Crippen LogP contribution in [0.5, 0.6) is 5.88 Å². The van der Waals surface area contributed by atoms with Gasteiger partial charge in [-0.25, -0.2) is 4.79 Å². The minimum atomic E-state index is -0.531. The molecule has 2 N–H and O–H groups in total. The Labute approximate surface area is 111 Å². The maximum Gasteiger partial charge on any atom is 0.331 e. The van der Waals surface area contributed by atoms with Crippen molar-refractivity contribution in [2.24, 2.45) is 5.92 Å². The zero-order valence-electron chi connectivity index (χ0n) is 11.6. The van der Waals surface area contributed by atoms with Crippen LogP contribution >= 0.6 is 0 Å². The minimum absolute atomic E-state index is 0.193. The molecule has 0 aromatic carbocycles. The number of rotatable bonds is 3. The normalized spacial score (nSPS) is 20.3. The average Bonchev–Trinajstić information content (AvgIpc) is 2.81. The number of likely N-dealkylation sites (tertiary alicyclic amines) is 1. The first-order valence-corrected chi connectivity index (χ1v) is 6.67. The summed E-state index contributed by atoms with van der Waals surface area (Å²) in [6.45, 7) is 8.19.